The summed E-state index contributed by atoms with van der Waals surface area (Å²) in [6, 6.07) is 5.26. The first-order valence-electron chi connectivity index (χ1n) is 5.18. The molecule has 100 valence electrons. The van der Waals surface area contributed by atoms with Crippen LogP contribution in [0.25, 0.3) is 0 Å². The van der Waals surface area contributed by atoms with Crippen LogP contribution in [0.4, 0.5) is 10.7 Å². The number of carbonyl (C=O) groups excluding carboxylic acids is 1. The lowest BCUT2D eigenvalue weighted by Gasteiger charge is -2.06. The maximum Gasteiger partial charge on any atom is 0.273 e. The zero-order valence-electron chi connectivity index (χ0n) is 9.71. The van der Waals surface area contributed by atoms with Crippen molar-refractivity contribution in [2.75, 3.05) is 12.4 Å². The molecule has 0 unspecified atom stereocenters. The lowest BCUT2D eigenvalue weighted by Crippen LogP contribution is -2.24. The van der Waals surface area contributed by atoms with Gasteiger partial charge in [-0.15, -0.1) is 0 Å². The molecular weight excluding hydrogens is 354 g/mol. The van der Waals surface area contributed by atoms with Gasteiger partial charge in [0.1, 0.15) is 10.6 Å². The summed E-state index contributed by atoms with van der Waals surface area (Å²) in [4.78, 5) is 23.2. The van der Waals surface area contributed by atoms with Crippen molar-refractivity contribution in [2.45, 2.75) is 0 Å². The Kier molecular flexibility index (Phi) is 4.28. The Labute approximate surface area is 126 Å². The van der Waals surface area contributed by atoms with Crippen LogP contribution in [0.2, 0.25) is 5.02 Å². The number of anilines is 2. The summed E-state index contributed by atoms with van der Waals surface area (Å²) in [5, 5.41) is 6.41. The van der Waals surface area contributed by atoms with Gasteiger partial charge in [-0.3, -0.25) is 14.0 Å². The van der Waals surface area contributed by atoms with Crippen LogP contribution < -0.4 is 16.2 Å². The Morgan fingerprint density at radius 2 is 2.21 bits per heavy atom. The average Bonchev–Trinajstić information content (AvgIpc) is 2.74. The van der Waals surface area contributed by atoms with E-state index in [1.54, 1.807) is 18.2 Å². The van der Waals surface area contributed by atoms with Gasteiger partial charge in [0.05, 0.1) is 5.02 Å². The molecule has 3 N–H and O–H groups in total. The number of aromatic amines is 1. The predicted molar refractivity (Wildman–Crippen MR) is 80.8 cm³/mol. The molecule has 2 rings (SSSR count). The fourth-order valence-electron chi connectivity index (χ4n) is 1.43. The van der Waals surface area contributed by atoms with Crippen LogP contribution in [0.1, 0.15) is 10.4 Å². The zero-order valence-corrected chi connectivity index (χ0v) is 12.9. The van der Waals surface area contributed by atoms with Crippen LogP contribution >= 0.6 is 39.1 Å². The molecule has 0 spiro atoms. The molecule has 0 aliphatic carbocycles. The van der Waals surface area contributed by atoms with Gasteiger partial charge < -0.3 is 10.6 Å². The molecule has 5 nitrogen and oxygen atoms in total. The van der Waals surface area contributed by atoms with Gasteiger partial charge in [-0.2, -0.15) is 0 Å². The van der Waals surface area contributed by atoms with Gasteiger partial charge in [-0.1, -0.05) is 11.6 Å². The number of rotatable bonds is 3. The minimum Gasteiger partial charge on any atom is -0.355 e. The number of H-pyrrole nitrogens is 1. The van der Waals surface area contributed by atoms with Crippen molar-refractivity contribution >= 4 is 55.7 Å². The number of halogens is 2. The summed E-state index contributed by atoms with van der Waals surface area (Å²) in [6.45, 7) is 0. The van der Waals surface area contributed by atoms with Crippen LogP contribution in [0.3, 0.4) is 0 Å². The van der Waals surface area contributed by atoms with Crippen LogP contribution in [0.15, 0.2) is 27.5 Å². The largest absolute Gasteiger partial charge is 0.355 e. The van der Waals surface area contributed by atoms with Gasteiger partial charge in [0.25, 0.3) is 11.5 Å². The molecule has 19 heavy (non-hydrogen) atoms. The molecule has 1 amide bonds. The molecule has 0 radical (unpaired) electrons. The summed E-state index contributed by atoms with van der Waals surface area (Å²) in [7, 11) is 1.47. The summed E-state index contributed by atoms with van der Waals surface area (Å²) < 4.78 is 3.29. The number of hydrogen-bond acceptors (Lipinski definition) is 4. The van der Waals surface area contributed by atoms with E-state index < -0.39 is 11.5 Å². The van der Waals surface area contributed by atoms with Crippen molar-refractivity contribution in [3.05, 3.63) is 43.6 Å². The lowest BCUT2D eigenvalue weighted by molar-refractivity contribution is 0.0963. The third-order valence-electron chi connectivity index (χ3n) is 2.33. The van der Waals surface area contributed by atoms with Gasteiger partial charge in [-0.25, -0.2) is 0 Å². The topological polar surface area (TPSA) is 74.0 Å². The molecule has 1 heterocycles. The molecule has 0 fully saturated rings. The zero-order chi connectivity index (χ0) is 14.0. The molecule has 2 aromatic rings. The van der Waals surface area contributed by atoms with E-state index in [4.69, 9.17) is 11.6 Å². The molecule has 0 bridgehead atoms. The second-order valence-corrected chi connectivity index (χ2v) is 5.65. The second kappa shape index (κ2) is 5.77. The van der Waals surface area contributed by atoms with Crippen LogP contribution in [-0.2, 0) is 0 Å². The third-order valence-corrected chi connectivity index (χ3v) is 4.36. The highest BCUT2D eigenvalue weighted by molar-refractivity contribution is 9.10. The van der Waals surface area contributed by atoms with Crippen molar-refractivity contribution in [1.29, 1.82) is 0 Å². The van der Waals surface area contributed by atoms with Crippen molar-refractivity contribution in [1.82, 2.24) is 9.69 Å². The third kappa shape index (κ3) is 2.99. The van der Waals surface area contributed by atoms with Gasteiger partial charge in [0.15, 0.2) is 0 Å². The first-order valence-corrected chi connectivity index (χ1v) is 7.17. The fourth-order valence-corrected chi connectivity index (χ4v) is 2.61. The van der Waals surface area contributed by atoms with E-state index in [2.05, 4.69) is 30.9 Å². The van der Waals surface area contributed by atoms with Crippen LogP contribution in [0, 0.1) is 0 Å². The van der Waals surface area contributed by atoms with E-state index >= 15 is 0 Å². The standard InChI is InChI=1S/C11H9BrClN3O2S/c1-14-9(17)8-10(18)16-19-11(8)15-5-2-3-6(12)7(13)4-5/h2-4,15H,1H3,(H,14,17)(H,16,18). The minimum atomic E-state index is -0.437. The predicted octanol–water partition coefficient (Wildman–Crippen LogP) is 2.96. The van der Waals surface area contributed by atoms with Crippen molar-refractivity contribution in [3.8, 4) is 0 Å². The number of carbonyl (C=O) groups is 1. The Bertz CT molecular complexity index is 683. The Hall–Kier alpha value is -1.31. The molecule has 0 aliphatic rings. The van der Waals surface area contributed by atoms with Crippen LogP contribution in [0.5, 0.6) is 0 Å². The summed E-state index contributed by atoms with van der Waals surface area (Å²) in [5.41, 5.74) is 0.329. The van der Waals surface area contributed by atoms with Gasteiger partial charge in [0, 0.05) is 17.2 Å². The summed E-state index contributed by atoms with van der Waals surface area (Å²) in [6.07, 6.45) is 0. The number of hydrogen-bond donors (Lipinski definition) is 3. The quantitative estimate of drug-likeness (QED) is 0.786. The normalized spacial score (nSPS) is 10.3. The Morgan fingerprint density at radius 1 is 1.47 bits per heavy atom. The van der Waals surface area contributed by atoms with Crippen molar-refractivity contribution in [3.63, 3.8) is 0 Å². The highest BCUT2D eigenvalue weighted by atomic mass is 79.9. The first kappa shape index (κ1) is 14.1. The van der Waals surface area contributed by atoms with E-state index in [1.807, 2.05) is 0 Å². The minimum absolute atomic E-state index is 0.0616. The van der Waals surface area contributed by atoms with E-state index in [-0.39, 0.29) is 5.56 Å². The lowest BCUT2D eigenvalue weighted by atomic mass is 10.3. The SMILES string of the molecule is CNC(=O)c1c(Nc2ccc(Br)c(Cl)c2)s[nH]c1=O. The maximum absolute atomic E-state index is 11.6. The number of benzene rings is 1. The number of aromatic nitrogens is 1. The van der Waals surface area contributed by atoms with E-state index in [9.17, 15) is 9.59 Å². The van der Waals surface area contributed by atoms with Gasteiger partial charge in [-0.05, 0) is 45.7 Å². The average molecular weight is 363 g/mol. The molecule has 0 saturated heterocycles. The number of amides is 1. The Morgan fingerprint density at radius 3 is 2.84 bits per heavy atom. The molecular formula is C11H9BrClN3O2S. The highest BCUT2D eigenvalue weighted by Gasteiger charge is 2.17. The van der Waals surface area contributed by atoms with E-state index in [0.29, 0.717) is 15.7 Å². The second-order valence-electron chi connectivity index (χ2n) is 3.57. The highest BCUT2D eigenvalue weighted by Crippen LogP contribution is 2.28. The van der Waals surface area contributed by atoms with Crippen LogP contribution in [-0.4, -0.2) is 17.3 Å². The van der Waals surface area contributed by atoms with Crippen molar-refractivity contribution in [2.24, 2.45) is 0 Å². The number of nitrogens with one attached hydrogen (secondary N) is 3. The van der Waals surface area contributed by atoms with Crippen molar-refractivity contribution < 1.29 is 4.79 Å². The van der Waals surface area contributed by atoms with E-state index in [1.165, 1.54) is 7.05 Å². The molecule has 1 aromatic carbocycles. The molecule has 0 atom stereocenters. The molecule has 1 aromatic heterocycles. The summed E-state index contributed by atoms with van der Waals surface area (Å²) in [5.74, 6) is -0.437. The van der Waals surface area contributed by atoms with E-state index in [0.717, 1.165) is 16.0 Å². The fraction of sp³-hybridized carbons (Fsp3) is 0.0909. The molecule has 0 aliphatic heterocycles. The summed E-state index contributed by atoms with van der Waals surface area (Å²) >= 11 is 10.3. The smallest absolute Gasteiger partial charge is 0.273 e. The van der Waals surface area contributed by atoms with Gasteiger partial charge in [0.2, 0.25) is 0 Å². The van der Waals surface area contributed by atoms with Gasteiger partial charge >= 0.3 is 0 Å². The molecule has 8 heteroatoms. The Balaban J connectivity index is 2.36. The monoisotopic (exact) mass is 361 g/mol. The maximum atomic E-state index is 11.6. The first-order chi connectivity index (χ1) is 9.02. The molecule has 0 saturated carbocycles.